The predicted octanol–water partition coefficient (Wildman–Crippen LogP) is 4.89. The number of hydrogen-bond acceptors (Lipinski definition) is 4. The van der Waals surface area contributed by atoms with Gasteiger partial charge in [-0.3, -0.25) is 9.59 Å². The van der Waals surface area contributed by atoms with Crippen LogP contribution in [0.25, 0.3) is 0 Å². The van der Waals surface area contributed by atoms with E-state index in [1.165, 1.54) is 0 Å². The molecule has 0 bridgehead atoms. The highest BCUT2D eigenvalue weighted by Gasteiger charge is 2.31. The summed E-state index contributed by atoms with van der Waals surface area (Å²) >= 11 is 0. The van der Waals surface area contributed by atoms with Gasteiger partial charge in [0.05, 0.1) is 14.2 Å². The lowest BCUT2D eigenvalue weighted by Crippen LogP contribution is -2.43. The number of nitrogens with zero attached hydrogens (tertiary/aromatic N) is 1. The Morgan fingerprint density at radius 3 is 2.21 bits per heavy atom. The third-order valence-corrected chi connectivity index (χ3v) is 5.62. The summed E-state index contributed by atoms with van der Waals surface area (Å²) in [5.74, 6) is 1.13. The number of hydrogen-bond donors (Lipinski definition) is 1. The monoisotopic (exact) mass is 460 g/mol. The Bertz CT molecular complexity index is 1070. The van der Waals surface area contributed by atoms with E-state index in [2.05, 4.69) is 5.32 Å². The maximum Gasteiger partial charge on any atom is 0.247 e. The molecular weight excluding hydrogens is 428 g/mol. The van der Waals surface area contributed by atoms with Crippen molar-refractivity contribution in [2.75, 3.05) is 14.2 Å². The van der Waals surface area contributed by atoms with Crippen LogP contribution in [0.2, 0.25) is 0 Å². The van der Waals surface area contributed by atoms with Crippen LogP contribution in [0.1, 0.15) is 42.5 Å². The SMILES string of the molecule is CCCC(=O)N(Cc1ccc(OC)cc1)C(C(=O)NCc1ccccc1OC)c1ccccc1. The van der Waals surface area contributed by atoms with Crippen molar-refractivity contribution >= 4 is 11.8 Å². The molecule has 0 saturated carbocycles. The maximum atomic E-state index is 13.6. The van der Waals surface area contributed by atoms with Gasteiger partial charge in [-0.2, -0.15) is 0 Å². The number of nitrogens with one attached hydrogen (secondary N) is 1. The maximum absolute atomic E-state index is 13.6. The lowest BCUT2D eigenvalue weighted by atomic mass is 10.0. The topological polar surface area (TPSA) is 67.9 Å². The molecule has 0 aliphatic rings. The van der Waals surface area contributed by atoms with Gasteiger partial charge < -0.3 is 19.7 Å². The van der Waals surface area contributed by atoms with Gasteiger partial charge in [0, 0.05) is 25.1 Å². The molecule has 0 spiro atoms. The van der Waals surface area contributed by atoms with Crippen LogP contribution in [0.5, 0.6) is 11.5 Å². The Kier molecular flexibility index (Phi) is 9.09. The highest BCUT2D eigenvalue weighted by Crippen LogP contribution is 2.26. The minimum Gasteiger partial charge on any atom is -0.497 e. The molecule has 178 valence electrons. The van der Waals surface area contributed by atoms with Crippen molar-refractivity contribution in [3.63, 3.8) is 0 Å². The van der Waals surface area contributed by atoms with Crippen molar-refractivity contribution < 1.29 is 19.1 Å². The van der Waals surface area contributed by atoms with Crippen LogP contribution in [0.15, 0.2) is 78.9 Å². The number of rotatable bonds is 11. The molecule has 0 heterocycles. The van der Waals surface area contributed by atoms with Crippen molar-refractivity contribution in [3.05, 3.63) is 95.6 Å². The lowest BCUT2D eigenvalue weighted by molar-refractivity contribution is -0.141. The summed E-state index contributed by atoms with van der Waals surface area (Å²) in [7, 11) is 3.22. The molecular formula is C28H32N2O4. The van der Waals surface area contributed by atoms with E-state index >= 15 is 0 Å². The third kappa shape index (κ3) is 6.38. The van der Waals surface area contributed by atoms with E-state index in [1.807, 2.05) is 85.8 Å². The first-order valence-electron chi connectivity index (χ1n) is 11.4. The number of carbonyl (C=O) groups excluding carboxylic acids is 2. The molecule has 0 aromatic heterocycles. The second-order valence-corrected chi connectivity index (χ2v) is 7.96. The molecule has 3 aromatic rings. The van der Waals surface area contributed by atoms with Gasteiger partial charge in [-0.05, 0) is 35.7 Å². The number of amides is 2. The largest absolute Gasteiger partial charge is 0.497 e. The van der Waals surface area contributed by atoms with Gasteiger partial charge in [-0.25, -0.2) is 0 Å². The van der Waals surface area contributed by atoms with E-state index in [1.54, 1.807) is 19.1 Å². The van der Waals surface area contributed by atoms with Crippen molar-refractivity contribution in [2.45, 2.75) is 38.9 Å². The zero-order valence-corrected chi connectivity index (χ0v) is 20.0. The molecule has 34 heavy (non-hydrogen) atoms. The highest BCUT2D eigenvalue weighted by atomic mass is 16.5. The van der Waals surface area contributed by atoms with Crippen molar-refractivity contribution in [2.24, 2.45) is 0 Å². The van der Waals surface area contributed by atoms with Gasteiger partial charge in [-0.15, -0.1) is 0 Å². The molecule has 3 aromatic carbocycles. The van der Waals surface area contributed by atoms with Crippen molar-refractivity contribution in [1.82, 2.24) is 10.2 Å². The summed E-state index contributed by atoms with van der Waals surface area (Å²) in [6.07, 6.45) is 1.06. The zero-order chi connectivity index (χ0) is 24.3. The van der Waals surface area contributed by atoms with Crippen LogP contribution in [-0.4, -0.2) is 30.9 Å². The van der Waals surface area contributed by atoms with Gasteiger partial charge in [0.1, 0.15) is 17.5 Å². The molecule has 1 atom stereocenters. The van der Waals surface area contributed by atoms with Gasteiger partial charge in [0.25, 0.3) is 0 Å². The Morgan fingerprint density at radius 1 is 0.882 bits per heavy atom. The molecule has 6 heteroatoms. The van der Waals surface area contributed by atoms with Gasteiger partial charge in [-0.1, -0.05) is 67.6 Å². The molecule has 0 radical (unpaired) electrons. The van der Waals surface area contributed by atoms with E-state index in [0.29, 0.717) is 31.7 Å². The van der Waals surface area contributed by atoms with Crippen molar-refractivity contribution in [1.29, 1.82) is 0 Å². The van der Waals surface area contributed by atoms with Crippen LogP contribution in [0.4, 0.5) is 0 Å². The molecule has 3 rings (SSSR count). The van der Waals surface area contributed by atoms with Crippen LogP contribution >= 0.6 is 0 Å². The molecule has 6 nitrogen and oxygen atoms in total. The summed E-state index contributed by atoms with van der Waals surface area (Å²) in [6, 6.07) is 23.8. The smallest absolute Gasteiger partial charge is 0.247 e. The Balaban J connectivity index is 1.92. The molecule has 1 N–H and O–H groups in total. The van der Waals surface area contributed by atoms with E-state index in [-0.39, 0.29) is 11.8 Å². The van der Waals surface area contributed by atoms with Crippen LogP contribution in [0, 0.1) is 0 Å². The summed E-state index contributed by atoms with van der Waals surface area (Å²) in [6.45, 7) is 2.57. The first kappa shape index (κ1) is 24.8. The number of carbonyl (C=O) groups is 2. The molecule has 0 aliphatic carbocycles. The summed E-state index contributed by atoms with van der Waals surface area (Å²) in [5.41, 5.74) is 2.55. The standard InChI is InChI=1S/C28H32N2O4/c1-4-10-26(31)30(20-21-15-17-24(33-2)18-16-21)27(22-11-6-5-7-12-22)28(32)29-19-23-13-8-9-14-25(23)34-3/h5-9,11-18,27H,4,10,19-20H2,1-3H3,(H,29,32). The first-order chi connectivity index (χ1) is 16.6. The number of ether oxygens (including phenoxy) is 2. The van der Waals surface area contributed by atoms with Crippen LogP contribution < -0.4 is 14.8 Å². The molecule has 1 unspecified atom stereocenters. The second kappa shape index (κ2) is 12.4. The number of methoxy groups -OCH3 is 2. The lowest BCUT2D eigenvalue weighted by Gasteiger charge is -2.32. The Labute approximate surface area is 201 Å². The molecule has 0 saturated heterocycles. The van der Waals surface area contributed by atoms with Crippen molar-refractivity contribution in [3.8, 4) is 11.5 Å². The van der Waals surface area contributed by atoms with E-state index in [0.717, 1.165) is 22.4 Å². The molecule has 0 fully saturated rings. The fourth-order valence-electron chi connectivity index (χ4n) is 3.84. The zero-order valence-electron chi connectivity index (χ0n) is 20.0. The van der Waals surface area contributed by atoms with Crippen LogP contribution in [0.3, 0.4) is 0 Å². The Morgan fingerprint density at radius 2 is 1.56 bits per heavy atom. The summed E-state index contributed by atoms with van der Waals surface area (Å²) < 4.78 is 10.7. The minimum absolute atomic E-state index is 0.0698. The number of benzene rings is 3. The number of para-hydroxylation sites is 1. The summed E-state index contributed by atoms with van der Waals surface area (Å²) in [5, 5.41) is 3.02. The second-order valence-electron chi connectivity index (χ2n) is 7.96. The highest BCUT2D eigenvalue weighted by molar-refractivity contribution is 5.88. The average Bonchev–Trinajstić information content (AvgIpc) is 2.88. The Hall–Kier alpha value is -3.80. The van der Waals surface area contributed by atoms with Gasteiger partial charge in [0.15, 0.2) is 0 Å². The van der Waals surface area contributed by atoms with Crippen LogP contribution in [-0.2, 0) is 22.7 Å². The average molecular weight is 461 g/mol. The van der Waals surface area contributed by atoms with E-state index in [9.17, 15) is 9.59 Å². The third-order valence-electron chi connectivity index (χ3n) is 5.62. The van der Waals surface area contributed by atoms with Gasteiger partial charge in [0.2, 0.25) is 11.8 Å². The van der Waals surface area contributed by atoms with E-state index < -0.39 is 6.04 Å². The fourth-order valence-corrected chi connectivity index (χ4v) is 3.84. The normalized spacial score (nSPS) is 11.4. The van der Waals surface area contributed by atoms with E-state index in [4.69, 9.17) is 9.47 Å². The quantitative estimate of drug-likeness (QED) is 0.442. The predicted molar refractivity (Wildman–Crippen MR) is 132 cm³/mol. The molecule has 0 aliphatic heterocycles. The van der Waals surface area contributed by atoms with Gasteiger partial charge >= 0.3 is 0 Å². The molecule has 2 amide bonds. The first-order valence-corrected chi connectivity index (χ1v) is 11.4. The minimum atomic E-state index is -0.767. The summed E-state index contributed by atoms with van der Waals surface area (Å²) in [4.78, 5) is 28.5. The fraction of sp³-hybridized carbons (Fsp3) is 0.286.